The number of nitrogens with zero attached hydrogens (tertiary/aromatic N) is 4. The van der Waals surface area contributed by atoms with Crippen molar-refractivity contribution in [3.63, 3.8) is 0 Å². The predicted molar refractivity (Wildman–Crippen MR) is 118 cm³/mol. The van der Waals surface area contributed by atoms with E-state index in [1.165, 1.54) is 18.7 Å². The third-order valence-corrected chi connectivity index (χ3v) is 4.14. The molecule has 2 rings (SSSR count). The number of alkyl carbamates (subject to hydrolysis) is 1. The zero-order valence-corrected chi connectivity index (χ0v) is 18.5. The van der Waals surface area contributed by atoms with E-state index in [-0.39, 0.29) is 17.3 Å². The fourth-order valence-electron chi connectivity index (χ4n) is 2.78. The molecule has 1 amide bonds. The highest BCUT2D eigenvalue weighted by atomic mass is 19.1. The van der Waals surface area contributed by atoms with Crippen molar-refractivity contribution in [2.45, 2.75) is 46.3 Å². The number of ether oxygens (including phenoxy) is 1. The molecular weight excluding hydrogens is 401 g/mol. The number of halogens is 1. The van der Waals surface area contributed by atoms with Crippen molar-refractivity contribution in [2.75, 3.05) is 12.4 Å². The number of amides is 1. The second-order valence-electron chi connectivity index (χ2n) is 7.78. The maximum absolute atomic E-state index is 15.2. The zero-order valence-electron chi connectivity index (χ0n) is 18.5. The van der Waals surface area contributed by atoms with Crippen molar-refractivity contribution >= 4 is 18.3 Å². The molecule has 0 aliphatic carbocycles. The lowest BCUT2D eigenvalue weighted by atomic mass is 9.98. The summed E-state index contributed by atoms with van der Waals surface area (Å²) in [6.45, 7) is 8.71. The Balaban J connectivity index is 2.28. The third kappa shape index (κ3) is 6.46. The Hall–Kier alpha value is -3.56. The third-order valence-electron chi connectivity index (χ3n) is 4.14. The van der Waals surface area contributed by atoms with E-state index in [4.69, 9.17) is 10.5 Å². The largest absolute Gasteiger partial charge is 0.444 e. The highest BCUT2D eigenvalue weighted by Gasteiger charge is 2.21. The summed E-state index contributed by atoms with van der Waals surface area (Å²) in [5.74, 6) is -0.137. The Morgan fingerprint density at radius 2 is 2.03 bits per heavy atom. The molecule has 0 aliphatic heterocycles. The van der Waals surface area contributed by atoms with Crippen molar-refractivity contribution in [3.05, 3.63) is 47.3 Å². The Morgan fingerprint density at radius 3 is 2.65 bits per heavy atom. The minimum atomic E-state index is -0.625. The van der Waals surface area contributed by atoms with Crippen LogP contribution in [0.3, 0.4) is 0 Å². The molecule has 0 saturated carbocycles. The number of hydrogen-bond donors (Lipinski definition) is 3. The van der Waals surface area contributed by atoms with Gasteiger partial charge in [0.1, 0.15) is 17.7 Å². The molecule has 166 valence electrons. The molecule has 0 saturated heterocycles. The second-order valence-corrected chi connectivity index (χ2v) is 7.78. The van der Waals surface area contributed by atoms with Crippen LogP contribution in [0.4, 0.5) is 15.1 Å². The van der Waals surface area contributed by atoms with Gasteiger partial charge >= 0.3 is 6.09 Å². The number of carbonyl (C=O) groups is 1. The Kier molecular flexibility index (Phi) is 7.62. The molecule has 10 heteroatoms. The van der Waals surface area contributed by atoms with E-state index in [1.807, 2.05) is 0 Å². The summed E-state index contributed by atoms with van der Waals surface area (Å²) < 4.78 is 20.4. The van der Waals surface area contributed by atoms with Gasteiger partial charge in [0.05, 0.1) is 17.3 Å². The Labute approximate surface area is 181 Å². The van der Waals surface area contributed by atoms with E-state index in [0.29, 0.717) is 16.8 Å². The topological polar surface area (TPSA) is 127 Å². The van der Waals surface area contributed by atoms with E-state index in [9.17, 15) is 4.79 Å². The average molecular weight is 430 g/mol. The summed E-state index contributed by atoms with van der Waals surface area (Å²) >= 11 is 0. The molecule has 1 heterocycles. The highest BCUT2D eigenvalue weighted by molar-refractivity contribution is 5.82. The van der Waals surface area contributed by atoms with E-state index in [2.05, 4.69) is 30.6 Å². The fraction of sp³-hybridized carbons (Fsp3) is 0.381. The van der Waals surface area contributed by atoms with Crippen LogP contribution in [0, 0.1) is 12.7 Å². The van der Waals surface area contributed by atoms with Gasteiger partial charge in [-0.25, -0.2) is 19.2 Å². The average Bonchev–Trinajstić information content (AvgIpc) is 2.68. The molecule has 0 bridgehead atoms. The summed E-state index contributed by atoms with van der Waals surface area (Å²) in [6.07, 6.45) is 3.52. The molecule has 1 aromatic carbocycles. The van der Waals surface area contributed by atoms with Crippen LogP contribution in [0.1, 0.15) is 44.9 Å². The van der Waals surface area contributed by atoms with Gasteiger partial charge in [-0.15, -0.1) is 0 Å². The van der Waals surface area contributed by atoms with Crippen LogP contribution in [0.25, 0.3) is 11.4 Å². The molecule has 0 spiro atoms. The number of anilines is 1. The van der Waals surface area contributed by atoms with Crippen LogP contribution >= 0.6 is 0 Å². The van der Waals surface area contributed by atoms with Gasteiger partial charge < -0.3 is 21.1 Å². The number of nitrogens with one attached hydrogen (secondary N) is 2. The van der Waals surface area contributed by atoms with Crippen molar-refractivity contribution < 1.29 is 13.9 Å². The van der Waals surface area contributed by atoms with Gasteiger partial charge in [-0.05, 0) is 51.8 Å². The fourth-order valence-corrected chi connectivity index (χ4v) is 2.78. The summed E-state index contributed by atoms with van der Waals surface area (Å²) in [6, 6.07) is 2.83. The minimum absolute atomic E-state index is 0.155. The quantitative estimate of drug-likeness (QED) is 0.600. The van der Waals surface area contributed by atoms with E-state index < -0.39 is 23.6 Å². The number of nitrogens with two attached hydrogens (primary N) is 1. The molecule has 1 unspecified atom stereocenters. The molecule has 9 nitrogen and oxygen atoms in total. The SMILES string of the molecule is CN=C/C(=C\N)Nc1ncnc(-c2ccc(C(C)NC(=O)OC(C)(C)C)c(C)c2F)n1. The van der Waals surface area contributed by atoms with Crippen LogP contribution in [-0.2, 0) is 4.74 Å². The lowest BCUT2D eigenvalue weighted by Crippen LogP contribution is -2.34. The molecule has 0 fully saturated rings. The van der Waals surface area contributed by atoms with Gasteiger partial charge in [-0.2, -0.15) is 4.98 Å². The van der Waals surface area contributed by atoms with Gasteiger partial charge in [-0.1, -0.05) is 6.07 Å². The smallest absolute Gasteiger partial charge is 0.408 e. The molecular formula is C21H28FN7O2. The maximum atomic E-state index is 15.2. The van der Waals surface area contributed by atoms with Gasteiger partial charge in [0.15, 0.2) is 5.82 Å². The van der Waals surface area contributed by atoms with Crippen molar-refractivity contribution in [2.24, 2.45) is 10.7 Å². The van der Waals surface area contributed by atoms with Gasteiger partial charge in [-0.3, -0.25) is 4.99 Å². The van der Waals surface area contributed by atoms with Crippen LogP contribution < -0.4 is 16.4 Å². The van der Waals surface area contributed by atoms with Crippen LogP contribution in [-0.4, -0.2) is 39.9 Å². The molecule has 0 radical (unpaired) electrons. The van der Waals surface area contributed by atoms with Gasteiger partial charge in [0.25, 0.3) is 0 Å². The standard InChI is InChI=1S/C21H28FN7O2/c1-12-15(13(2)27-20(30)31-21(3,4)5)7-8-16(17(12)22)18-25-11-26-19(29-18)28-14(9-23)10-24-6/h7-11,13H,23H2,1-6H3,(H,27,30)(H,25,26,28,29)/b14-9+,24-10?. The van der Waals surface area contributed by atoms with Crippen molar-refractivity contribution in [1.29, 1.82) is 0 Å². The molecule has 0 aliphatic rings. The second kappa shape index (κ2) is 9.96. The van der Waals surface area contributed by atoms with Crippen LogP contribution in [0.2, 0.25) is 0 Å². The number of aromatic nitrogens is 3. The minimum Gasteiger partial charge on any atom is -0.444 e. The van der Waals surface area contributed by atoms with E-state index >= 15 is 4.39 Å². The number of hydrogen-bond acceptors (Lipinski definition) is 8. The van der Waals surface area contributed by atoms with E-state index in [0.717, 1.165) is 0 Å². The zero-order chi connectivity index (χ0) is 23.2. The number of rotatable bonds is 6. The molecule has 1 atom stereocenters. The lowest BCUT2D eigenvalue weighted by molar-refractivity contribution is 0.0507. The molecule has 4 N–H and O–H groups in total. The van der Waals surface area contributed by atoms with Gasteiger partial charge in [0.2, 0.25) is 5.95 Å². The lowest BCUT2D eigenvalue weighted by Gasteiger charge is -2.23. The van der Waals surface area contributed by atoms with Crippen LogP contribution in [0.5, 0.6) is 0 Å². The molecule has 1 aromatic heterocycles. The number of benzene rings is 1. The normalized spacial score (nSPS) is 13.2. The van der Waals surface area contributed by atoms with Crippen molar-refractivity contribution in [1.82, 2.24) is 20.3 Å². The number of aliphatic imine (C=N–C) groups is 1. The summed E-state index contributed by atoms with van der Waals surface area (Å²) in [5.41, 5.74) is 6.58. The summed E-state index contributed by atoms with van der Waals surface area (Å²) in [4.78, 5) is 28.3. The predicted octanol–water partition coefficient (Wildman–Crippen LogP) is 3.48. The maximum Gasteiger partial charge on any atom is 0.408 e. The molecule has 31 heavy (non-hydrogen) atoms. The van der Waals surface area contributed by atoms with E-state index in [1.54, 1.807) is 53.8 Å². The van der Waals surface area contributed by atoms with Crippen LogP contribution in [0.15, 0.2) is 35.3 Å². The Bertz CT molecular complexity index is 1000. The number of carbonyl (C=O) groups excluding carboxylic acids is 1. The highest BCUT2D eigenvalue weighted by Crippen LogP contribution is 2.28. The first-order valence-corrected chi connectivity index (χ1v) is 9.64. The number of allylic oxidation sites excluding steroid dienone is 1. The Morgan fingerprint density at radius 1 is 1.32 bits per heavy atom. The monoisotopic (exact) mass is 429 g/mol. The van der Waals surface area contributed by atoms with Gasteiger partial charge in [0, 0.05) is 19.5 Å². The first kappa shape index (κ1) is 23.7. The van der Waals surface area contributed by atoms with Crippen molar-refractivity contribution in [3.8, 4) is 11.4 Å². The summed E-state index contributed by atoms with van der Waals surface area (Å²) in [7, 11) is 1.60. The molecule has 2 aromatic rings. The summed E-state index contributed by atoms with van der Waals surface area (Å²) in [5, 5.41) is 5.60. The first-order valence-electron chi connectivity index (χ1n) is 9.64. The first-order chi connectivity index (χ1) is 14.6.